The molecule has 1 aliphatic rings. The molecule has 1 heterocycles. The average Bonchev–Trinajstić information content (AvgIpc) is 3.26. The molecular formula is C16H25N3O4. The van der Waals surface area contributed by atoms with Crippen LogP contribution in [0, 0.1) is 5.41 Å². The number of nitrogens with one attached hydrogen (secondary N) is 2. The highest BCUT2D eigenvalue weighted by Crippen LogP contribution is 2.33. The quantitative estimate of drug-likeness (QED) is 0.548. The SMILES string of the molecule is Cn1cc(CC(NC(=O)C(C)(C)CCC(=O)O)C(O)=C2CC2)[nH]1. The number of aliphatic hydroxyl groups excluding tert-OH is 1. The largest absolute Gasteiger partial charge is 0.510 e. The highest BCUT2D eigenvalue weighted by molar-refractivity contribution is 5.83. The number of allylic oxidation sites excluding steroid dienone is 1. The zero-order valence-electron chi connectivity index (χ0n) is 13.8. The molecular weight excluding hydrogens is 298 g/mol. The van der Waals surface area contributed by atoms with Crippen molar-refractivity contribution in [3.63, 3.8) is 0 Å². The van der Waals surface area contributed by atoms with E-state index in [-0.39, 0.29) is 24.5 Å². The van der Waals surface area contributed by atoms with E-state index in [0.717, 1.165) is 24.1 Å². The number of hydrogen-bond acceptors (Lipinski definition) is 3. The molecule has 0 radical (unpaired) electrons. The van der Waals surface area contributed by atoms with E-state index in [1.807, 2.05) is 13.2 Å². The number of carbonyl (C=O) groups excluding carboxylic acids is 1. The maximum Gasteiger partial charge on any atom is 0.303 e. The van der Waals surface area contributed by atoms with Gasteiger partial charge in [-0.1, -0.05) is 13.8 Å². The van der Waals surface area contributed by atoms with Gasteiger partial charge in [-0.05, 0) is 24.8 Å². The van der Waals surface area contributed by atoms with Crippen LogP contribution in [0.3, 0.4) is 0 Å². The fourth-order valence-electron chi connectivity index (χ4n) is 2.44. The Morgan fingerprint density at radius 1 is 1.39 bits per heavy atom. The van der Waals surface area contributed by atoms with E-state index in [9.17, 15) is 14.7 Å². The van der Waals surface area contributed by atoms with Gasteiger partial charge in [0.1, 0.15) is 5.76 Å². The van der Waals surface area contributed by atoms with Gasteiger partial charge in [-0.25, -0.2) is 0 Å². The number of carboxylic acid groups (broad SMARTS) is 1. The zero-order chi connectivity index (χ0) is 17.2. The van der Waals surface area contributed by atoms with Gasteiger partial charge in [0, 0.05) is 31.5 Å². The normalized spacial score (nSPS) is 15.3. The van der Waals surface area contributed by atoms with Gasteiger partial charge in [0.25, 0.3) is 0 Å². The molecule has 7 heteroatoms. The second-order valence-electron chi connectivity index (χ2n) is 6.87. The van der Waals surface area contributed by atoms with Crippen LogP contribution in [-0.4, -0.2) is 37.9 Å². The topological polar surface area (TPSA) is 107 Å². The summed E-state index contributed by atoms with van der Waals surface area (Å²) in [7, 11) is 1.87. The fraction of sp³-hybridized carbons (Fsp3) is 0.625. The lowest BCUT2D eigenvalue weighted by Gasteiger charge is -2.27. The number of rotatable bonds is 8. The molecule has 1 amide bonds. The molecule has 1 unspecified atom stereocenters. The van der Waals surface area contributed by atoms with E-state index >= 15 is 0 Å². The smallest absolute Gasteiger partial charge is 0.303 e. The van der Waals surface area contributed by atoms with E-state index in [1.165, 1.54) is 0 Å². The molecule has 1 aromatic heterocycles. The van der Waals surface area contributed by atoms with E-state index < -0.39 is 17.4 Å². The third kappa shape index (κ3) is 4.64. The van der Waals surface area contributed by atoms with Crippen molar-refractivity contribution in [1.29, 1.82) is 0 Å². The van der Waals surface area contributed by atoms with E-state index in [1.54, 1.807) is 18.5 Å². The van der Waals surface area contributed by atoms with Gasteiger partial charge >= 0.3 is 5.97 Å². The summed E-state index contributed by atoms with van der Waals surface area (Å²) < 4.78 is 1.80. The number of hydrogen-bond donors (Lipinski definition) is 4. The van der Waals surface area contributed by atoms with Crippen LogP contribution in [-0.2, 0) is 23.1 Å². The Labute approximate surface area is 135 Å². The number of nitrogens with zero attached hydrogens (tertiary/aromatic N) is 1. The second-order valence-corrected chi connectivity index (χ2v) is 6.87. The van der Waals surface area contributed by atoms with Crippen molar-refractivity contribution in [3.05, 3.63) is 23.2 Å². The minimum Gasteiger partial charge on any atom is -0.510 e. The number of carbonyl (C=O) groups is 2. The molecule has 0 aliphatic heterocycles. The summed E-state index contributed by atoms with van der Waals surface area (Å²) in [6.45, 7) is 3.44. The number of aromatic nitrogens is 2. The van der Waals surface area contributed by atoms with Gasteiger partial charge in [0.05, 0.1) is 11.7 Å². The van der Waals surface area contributed by atoms with Gasteiger partial charge in [-0.2, -0.15) is 0 Å². The van der Waals surface area contributed by atoms with Crippen molar-refractivity contribution < 1.29 is 19.8 Å². The number of aliphatic carboxylic acids is 1. The Kier molecular flexibility index (Phi) is 4.87. The van der Waals surface area contributed by atoms with E-state index in [4.69, 9.17) is 5.11 Å². The molecule has 128 valence electrons. The maximum absolute atomic E-state index is 12.5. The molecule has 0 spiro atoms. The van der Waals surface area contributed by atoms with E-state index in [2.05, 4.69) is 10.4 Å². The van der Waals surface area contributed by atoms with Gasteiger partial charge in [0.2, 0.25) is 5.91 Å². The standard InChI is InChI=1S/C16H25N3O4/c1-16(2,7-6-13(20)21)15(23)17-12(14(22)10-4-5-10)8-11-9-19(3)18-11/h9,12,18,22H,4-8H2,1-3H3,(H,17,23)(H,20,21). The molecule has 0 saturated heterocycles. The number of aromatic amines is 1. The summed E-state index contributed by atoms with van der Waals surface area (Å²) in [5.41, 5.74) is 1.12. The second kappa shape index (κ2) is 6.52. The molecule has 1 atom stereocenters. The first-order chi connectivity index (χ1) is 10.7. The van der Waals surface area contributed by atoms with Gasteiger partial charge in [-0.15, -0.1) is 0 Å². The Hall–Kier alpha value is -2.18. The third-order valence-electron chi connectivity index (χ3n) is 4.17. The highest BCUT2D eigenvalue weighted by Gasteiger charge is 2.33. The number of amides is 1. The predicted molar refractivity (Wildman–Crippen MR) is 84.9 cm³/mol. The van der Waals surface area contributed by atoms with Crippen molar-refractivity contribution in [2.45, 2.75) is 52.0 Å². The molecule has 1 saturated carbocycles. The van der Waals surface area contributed by atoms with Crippen LogP contribution in [0.4, 0.5) is 0 Å². The van der Waals surface area contributed by atoms with Crippen LogP contribution in [0.25, 0.3) is 0 Å². The highest BCUT2D eigenvalue weighted by atomic mass is 16.4. The van der Waals surface area contributed by atoms with Crippen LogP contribution < -0.4 is 5.32 Å². The van der Waals surface area contributed by atoms with Gasteiger partial charge < -0.3 is 20.6 Å². The third-order valence-corrected chi connectivity index (χ3v) is 4.17. The molecule has 0 bridgehead atoms. The summed E-state index contributed by atoms with van der Waals surface area (Å²) in [5.74, 6) is -0.924. The first-order valence-corrected chi connectivity index (χ1v) is 7.83. The van der Waals surface area contributed by atoms with Gasteiger partial charge in [0.15, 0.2) is 0 Å². The predicted octanol–water partition coefficient (Wildman–Crippen LogP) is 1.88. The Morgan fingerprint density at radius 2 is 2.00 bits per heavy atom. The fourth-order valence-corrected chi connectivity index (χ4v) is 2.44. The molecule has 4 N–H and O–H groups in total. The first kappa shape index (κ1) is 17.2. The lowest BCUT2D eigenvalue weighted by Crippen LogP contribution is -2.45. The summed E-state index contributed by atoms with van der Waals surface area (Å²) >= 11 is 0. The van der Waals surface area contributed by atoms with Crippen LogP contribution in [0.1, 0.15) is 45.2 Å². The molecule has 2 rings (SSSR count). The van der Waals surface area contributed by atoms with Crippen molar-refractivity contribution in [2.75, 3.05) is 0 Å². The van der Waals surface area contributed by atoms with Crippen LogP contribution in [0.5, 0.6) is 0 Å². The summed E-state index contributed by atoms with van der Waals surface area (Å²) in [6.07, 6.45) is 4.32. The van der Waals surface area contributed by atoms with E-state index in [0.29, 0.717) is 6.42 Å². The average molecular weight is 323 g/mol. The molecule has 1 aliphatic carbocycles. The zero-order valence-corrected chi connectivity index (χ0v) is 13.8. The van der Waals surface area contributed by atoms with Gasteiger partial charge in [-0.3, -0.25) is 14.3 Å². The Bertz CT molecular complexity index is 606. The molecule has 1 fully saturated rings. The first-order valence-electron chi connectivity index (χ1n) is 7.83. The number of H-pyrrole nitrogens is 1. The molecule has 7 nitrogen and oxygen atoms in total. The van der Waals surface area contributed by atoms with Crippen molar-refractivity contribution in [3.8, 4) is 0 Å². The van der Waals surface area contributed by atoms with Crippen molar-refractivity contribution in [1.82, 2.24) is 15.1 Å². The Morgan fingerprint density at radius 3 is 2.48 bits per heavy atom. The lowest BCUT2D eigenvalue weighted by molar-refractivity contribution is -0.138. The molecule has 23 heavy (non-hydrogen) atoms. The van der Waals surface area contributed by atoms with Crippen LogP contribution >= 0.6 is 0 Å². The monoisotopic (exact) mass is 323 g/mol. The summed E-state index contributed by atoms with van der Waals surface area (Å²) in [5, 5.41) is 25.1. The summed E-state index contributed by atoms with van der Waals surface area (Å²) in [6, 6.07) is -0.475. The molecule has 1 aromatic rings. The van der Waals surface area contributed by atoms with Crippen LogP contribution in [0.15, 0.2) is 17.5 Å². The van der Waals surface area contributed by atoms with Crippen LogP contribution in [0.2, 0.25) is 0 Å². The summed E-state index contributed by atoms with van der Waals surface area (Å²) in [4.78, 5) is 23.2. The minimum atomic E-state index is -0.919. The lowest BCUT2D eigenvalue weighted by atomic mass is 9.86. The Balaban J connectivity index is 2.03. The molecule has 0 aromatic carbocycles. The number of aliphatic hydroxyl groups is 1. The minimum absolute atomic E-state index is 0.0599. The number of aryl methyl sites for hydroxylation is 1. The van der Waals surface area contributed by atoms with Crippen molar-refractivity contribution >= 4 is 11.9 Å². The number of carboxylic acids is 1. The maximum atomic E-state index is 12.5. The van der Waals surface area contributed by atoms with Crippen molar-refractivity contribution in [2.24, 2.45) is 12.5 Å².